The standard InChI is InChI=1S/C24H28N4O2S/c29-22(25-19-10-4-5-11-19)18-9-6-13-27(16-18)24-26-20-12-14-31-21(20)23(30)28(24)15-17-7-2-1-3-8-17/h1-3,7-8,12,14,18-19H,4-6,9-11,13,15-16H2,(H,25,29)/t18-/m0/s1. The Labute approximate surface area is 185 Å². The molecule has 1 saturated heterocycles. The molecule has 1 atom stereocenters. The number of piperidine rings is 1. The molecular weight excluding hydrogens is 408 g/mol. The van der Waals surface area contributed by atoms with Crippen molar-refractivity contribution in [1.82, 2.24) is 14.9 Å². The quantitative estimate of drug-likeness (QED) is 0.661. The predicted octanol–water partition coefficient (Wildman–Crippen LogP) is 3.78. The van der Waals surface area contributed by atoms with Crippen LogP contribution in [0.15, 0.2) is 46.6 Å². The summed E-state index contributed by atoms with van der Waals surface area (Å²) in [6.07, 6.45) is 6.41. The summed E-state index contributed by atoms with van der Waals surface area (Å²) in [6.45, 7) is 1.89. The van der Waals surface area contributed by atoms with Gasteiger partial charge in [0.1, 0.15) is 4.70 Å². The van der Waals surface area contributed by atoms with Crippen LogP contribution in [0, 0.1) is 5.92 Å². The molecule has 1 amide bonds. The predicted molar refractivity (Wildman–Crippen MR) is 125 cm³/mol. The molecule has 1 aromatic carbocycles. The number of nitrogens with zero attached hydrogens (tertiary/aromatic N) is 3. The maximum Gasteiger partial charge on any atom is 0.273 e. The highest BCUT2D eigenvalue weighted by Crippen LogP contribution is 2.26. The highest BCUT2D eigenvalue weighted by Gasteiger charge is 2.30. The van der Waals surface area contributed by atoms with Gasteiger partial charge in [-0.15, -0.1) is 11.3 Å². The first kappa shape index (κ1) is 20.2. The van der Waals surface area contributed by atoms with E-state index in [0.717, 1.165) is 43.3 Å². The van der Waals surface area contributed by atoms with E-state index in [9.17, 15) is 9.59 Å². The van der Waals surface area contributed by atoms with Gasteiger partial charge in [-0.05, 0) is 42.7 Å². The van der Waals surface area contributed by atoms with E-state index in [4.69, 9.17) is 4.98 Å². The molecule has 6 nitrogen and oxygen atoms in total. The van der Waals surface area contributed by atoms with Crippen molar-refractivity contribution >= 4 is 33.4 Å². The molecule has 2 fully saturated rings. The number of rotatable bonds is 5. The molecule has 2 aliphatic rings. The number of thiophene rings is 1. The number of hydrogen-bond acceptors (Lipinski definition) is 5. The number of fused-ring (bicyclic) bond motifs is 1. The van der Waals surface area contributed by atoms with Crippen LogP contribution in [0.1, 0.15) is 44.1 Å². The first-order chi connectivity index (χ1) is 15.2. The molecule has 1 aliphatic heterocycles. The van der Waals surface area contributed by atoms with Crippen LogP contribution in [-0.4, -0.2) is 34.6 Å². The Balaban J connectivity index is 1.44. The second-order valence-corrected chi connectivity index (χ2v) is 9.61. The van der Waals surface area contributed by atoms with Gasteiger partial charge in [-0.3, -0.25) is 14.2 Å². The van der Waals surface area contributed by atoms with Crippen molar-refractivity contribution in [1.29, 1.82) is 0 Å². The van der Waals surface area contributed by atoms with Gasteiger partial charge in [0.25, 0.3) is 5.56 Å². The third-order valence-electron chi connectivity index (χ3n) is 6.51. The zero-order valence-corrected chi connectivity index (χ0v) is 18.4. The van der Waals surface area contributed by atoms with Crippen LogP contribution in [0.4, 0.5) is 5.95 Å². The van der Waals surface area contributed by atoms with E-state index in [1.165, 1.54) is 24.2 Å². The summed E-state index contributed by atoms with van der Waals surface area (Å²) >= 11 is 1.44. The van der Waals surface area contributed by atoms with Gasteiger partial charge in [0, 0.05) is 19.1 Å². The highest BCUT2D eigenvalue weighted by molar-refractivity contribution is 7.17. The summed E-state index contributed by atoms with van der Waals surface area (Å²) in [6, 6.07) is 12.3. The Hall–Kier alpha value is -2.67. The van der Waals surface area contributed by atoms with Gasteiger partial charge in [0.05, 0.1) is 18.0 Å². The SMILES string of the molecule is O=C(NC1CCCC1)[C@H]1CCCN(c2nc3ccsc3c(=O)n2Cc2ccccc2)C1. The van der Waals surface area contributed by atoms with Crippen LogP contribution in [-0.2, 0) is 11.3 Å². The Morgan fingerprint density at radius 1 is 1.10 bits per heavy atom. The maximum absolute atomic E-state index is 13.3. The van der Waals surface area contributed by atoms with Crippen LogP contribution < -0.4 is 15.8 Å². The lowest BCUT2D eigenvalue weighted by Crippen LogP contribution is -2.47. The normalized spacial score (nSPS) is 19.7. The van der Waals surface area contributed by atoms with Crippen molar-refractivity contribution in [3.05, 3.63) is 57.7 Å². The number of carbonyl (C=O) groups excluding carboxylic acids is 1. The summed E-state index contributed by atoms with van der Waals surface area (Å²) in [5, 5.41) is 5.18. The smallest absolute Gasteiger partial charge is 0.273 e. The third-order valence-corrected chi connectivity index (χ3v) is 7.40. The van der Waals surface area contributed by atoms with Gasteiger partial charge in [-0.25, -0.2) is 4.98 Å². The maximum atomic E-state index is 13.3. The number of benzene rings is 1. The zero-order chi connectivity index (χ0) is 21.2. The minimum atomic E-state index is -0.0606. The van der Waals surface area contributed by atoms with Gasteiger partial charge in [-0.2, -0.15) is 0 Å². The Morgan fingerprint density at radius 2 is 1.90 bits per heavy atom. The second kappa shape index (κ2) is 8.83. The third kappa shape index (κ3) is 4.24. The molecule has 31 heavy (non-hydrogen) atoms. The molecule has 2 aromatic heterocycles. The number of amides is 1. The molecule has 0 radical (unpaired) electrons. The minimum absolute atomic E-state index is 0.00335. The first-order valence-electron chi connectivity index (χ1n) is 11.3. The number of aromatic nitrogens is 2. The summed E-state index contributed by atoms with van der Waals surface area (Å²) in [5.74, 6) is 0.776. The van der Waals surface area contributed by atoms with E-state index in [-0.39, 0.29) is 17.4 Å². The molecule has 0 bridgehead atoms. The topological polar surface area (TPSA) is 67.2 Å². The van der Waals surface area contributed by atoms with Crippen LogP contribution in [0.2, 0.25) is 0 Å². The van der Waals surface area contributed by atoms with Gasteiger partial charge in [0.15, 0.2) is 0 Å². The van der Waals surface area contributed by atoms with Crippen molar-refractivity contribution in [3.63, 3.8) is 0 Å². The fraction of sp³-hybridized carbons (Fsp3) is 0.458. The molecule has 1 aliphatic carbocycles. The molecule has 162 valence electrons. The Kier molecular flexibility index (Phi) is 5.76. The molecular formula is C24H28N4O2S. The van der Waals surface area contributed by atoms with Crippen LogP contribution >= 0.6 is 11.3 Å². The lowest BCUT2D eigenvalue weighted by atomic mass is 9.97. The number of hydrogen-bond donors (Lipinski definition) is 1. The summed E-state index contributed by atoms with van der Waals surface area (Å²) in [5.41, 5.74) is 1.80. The number of anilines is 1. The molecule has 0 spiro atoms. The van der Waals surface area contributed by atoms with Crippen molar-refractivity contribution in [2.24, 2.45) is 5.92 Å². The number of carbonyl (C=O) groups is 1. The molecule has 0 unspecified atom stereocenters. The fourth-order valence-corrected chi connectivity index (χ4v) is 5.62. The van der Waals surface area contributed by atoms with Crippen molar-refractivity contribution in [2.45, 2.75) is 51.1 Å². The van der Waals surface area contributed by atoms with E-state index in [1.807, 2.05) is 41.8 Å². The van der Waals surface area contributed by atoms with E-state index in [0.29, 0.717) is 29.8 Å². The largest absolute Gasteiger partial charge is 0.353 e. The van der Waals surface area contributed by atoms with Gasteiger partial charge >= 0.3 is 0 Å². The van der Waals surface area contributed by atoms with E-state index in [1.54, 1.807) is 4.57 Å². The number of nitrogens with one attached hydrogen (secondary N) is 1. The highest BCUT2D eigenvalue weighted by atomic mass is 32.1. The van der Waals surface area contributed by atoms with E-state index in [2.05, 4.69) is 10.2 Å². The summed E-state index contributed by atoms with van der Waals surface area (Å²) < 4.78 is 2.47. The Bertz CT molecular complexity index is 1120. The van der Waals surface area contributed by atoms with Crippen LogP contribution in [0.25, 0.3) is 10.2 Å². The van der Waals surface area contributed by atoms with Crippen molar-refractivity contribution < 1.29 is 4.79 Å². The van der Waals surface area contributed by atoms with Gasteiger partial charge < -0.3 is 10.2 Å². The molecule has 1 N–H and O–H groups in total. The summed E-state index contributed by atoms with van der Waals surface area (Å²) in [4.78, 5) is 33.3. The Morgan fingerprint density at radius 3 is 2.71 bits per heavy atom. The lowest BCUT2D eigenvalue weighted by Gasteiger charge is -2.34. The molecule has 5 rings (SSSR count). The average molecular weight is 437 g/mol. The fourth-order valence-electron chi connectivity index (χ4n) is 4.84. The monoisotopic (exact) mass is 436 g/mol. The van der Waals surface area contributed by atoms with Crippen molar-refractivity contribution in [3.8, 4) is 0 Å². The molecule has 3 aromatic rings. The average Bonchev–Trinajstić information content (AvgIpc) is 3.48. The van der Waals surface area contributed by atoms with Crippen LogP contribution in [0.5, 0.6) is 0 Å². The van der Waals surface area contributed by atoms with E-state index >= 15 is 0 Å². The minimum Gasteiger partial charge on any atom is -0.353 e. The zero-order valence-electron chi connectivity index (χ0n) is 17.6. The van der Waals surface area contributed by atoms with Gasteiger partial charge in [0.2, 0.25) is 11.9 Å². The van der Waals surface area contributed by atoms with Crippen molar-refractivity contribution in [2.75, 3.05) is 18.0 Å². The molecule has 1 saturated carbocycles. The molecule has 3 heterocycles. The lowest BCUT2D eigenvalue weighted by molar-refractivity contribution is -0.125. The van der Waals surface area contributed by atoms with Crippen LogP contribution in [0.3, 0.4) is 0 Å². The first-order valence-corrected chi connectivity index (χ1v) is 12.1. The second-order valence-electron chi connectivity index (χ2n) is 8.70. The van der Waals surface area contributed by atoms with E-state index < -0.39 is 0 Å². The van der Waals surface area contributed by atoms with Gasteiger partial charge in [-0.1, -0.05) is 43.2 Å². The summed E-state index contributed by atoms with van der Waals surface area (Å²) in [7, 11) is 0. The molecule has 7 heteroatoms.